The van der Waals surface area contributed by atoms with Crippen LogP contribution in [0.1, 0.15) is 11.4 Å². The van der Waals surface area contributed by atoms with Gasteiger partial charge in [-0.25, -0.2) is 9.97 Å². The topological polar surface area (TPSA) is 48.1 Å². The average Bonchev–Trinajstić information content (AvgIpc) is 2.85. The maximum atomic E-state index is 6.04. The number of aromatic amines is 1. The monoisotopic (exact) mass is 277 g/mol. The molecule has 0 aliphatic carbocycles. The number of fused-ring (bicyclic) bond motifs is 1. The van der Waals surface area contributed by atoms with E-state index in [1.54, 1.807) is 6.33 Å². The molecule has 2 aromatic rings. The van der Waals surface area contributed by atoms with Crippen molar-refractivity contribution >= 4 is 23.0 Å². The van der Waals surface area contributed by atoms with Gasteiger partial charge in [0.2, 0.25) is 0 Å². The molecule has 0 spiro atoms. The second-order valence-corrected chi connectivity index (χ2v) is 5.28. The summed E-state index contributed by atoms with van der Waals surface area (Å²) in [7, 11) is 4.03. The molecule has 0 aromatic carbocycles. The van der Waals surface area contributed by atoms with Gasteiger partial charge >= 0.3 is 0 Å². The molecule has 19 heavy (non-hydrogen) atoms. The summed E-state index contributed by atoms with van der Waals surface area (Å²) in [5.41, 5.74) is 4.55. The van der Waals surface area contributed by atoms with E-state index >= 15 is 0 Å². The molecule has 0 unspecified atom stereocenters. The third-order valence-electron chi connectivity index (χ3n) is 3.43. The molecule has 0 radical (unpaired) electrons. The number of imidazole rings is 1. The Balaban J connectivity index is 1.97. The summed E-state index contributed by atoms with van der Waals surface area (Å²) in [5.74, 6) is 0. The highest BCUT2D eigenvalue weighted by Crippen LogP contribution is 2.32. The summed E-state index contributed by atoms with van der Waals surface area (Å²) in [6.07, 6.45) is 4.53. The van der Waals surface area contributed by atoms with Crippen LogP contribution in [-0.2, 0) is 13.0 Å². The molecule has 3 heterocycles. The Morgan fingerprint density at radius 1 is 1.37 bits per heavy atom. The first-order chi connectivity index (χ1) is 9.15. The third kappa shape index (κ3) is 2.26. The molecule has 0 amide bonds. The Morgan fingerprint density at radius 2 is 2.21 bits per heavy atom. The van der Waals surface area contributed by atoms with Crippen LogP contribution >= 0.6 is 11.6 Å². The van der Waals surface area contributed by atoms with E-state index in [0.717, 1.165) is 30.9 Å². The van der Waals surface area contributed by atoms with Crippen LogP contribution in [0.15, 0.2) is 18.6 Å². The molecule has 3 rings (SSSR count). The van der Waals surface area contributed by atoms with Crippen molar-refractivity contribution in [3.05, 3.63) is 35.1 Å². The van der Waals surface area contributed by atoms with Crippen molar-refractivity contribution in [1.82, 2.24) is 15.0 Å². The molecule has 0 bridgehead atoms. The van der Waals surface area contributed by atoms with Gasteiger partial charge < -0.3 is 14.8 Å². The number of halogens is 1. The summed E-state index contributed by atoms with van der Waals surface area (Å²) in [4.78, 5) is 16.1. The minimum absolute atomic E-state index is 0.524. The van der Waals surface area contributed by atoms with E-state index in [2.05, 4.69) is 24.8 Å². The number of pyridine rings is 1. The van der Waals surface area contributed by atoms with E-state index in [-0.39, 0.29) is 0 Å². The van der Waals surface area contributed by atoms with Crippen LogP contribution in [0.5, 0.6) is 0 Å². The highest BCUT2D eigenvalue weighted by Gasteiger charge is 2.21. The predicted octanol–water partition coefficient (Wildman–Crippen LogP) is 2.09. The van der Waals surface area contributed by atoms with E-state index in [0.29, 0.717) is 5.15 Å². The number of H-pyrrole nitrogens is 1. The number of anilines is 2. The lowest BCUT2D eigenvalue weighted by Crippen LogP contribution is -2.31. The van der Waals surface area contributed by atoms with E-state index in [1.807, 2.05) is 26.4 Å². The largest absolute Gasteiger partial charge is 0.375 e. The summed E-state index contributed by atoms with van der Waals surface area (Å²) in [6.45, 7) is 1.77. The lowest BCUT2D eigenvalue weighted by molar-refractivity contribution is 0.710. The highest BCUT2D eigenvalue weighted by atomic mass is 35.5. The zero-order valence-electron chi connectivity index (χ0n) is 11.0. The van der Waals surface area contributed by atoms with E-state index in [1.165, 1.54) is 11.4 Å². The lowest BCUT2D eigenvalue weighted by atomic mass is 10.1. The van der Waals surface area contributed by atoms with Crippen molar-refractivity contribution in [2.45, 2.75) is 13.0 Å². The summed E-state index contributed by atoms with van der Waals surface area (Å²) >= 11 is 6.04. The molecule has 1 N–H and O–H groups in total. The normalized spacial score (nSPS) is 14.4. The first kappa shape index (κ1) is 12.3. The standard InChI is InChI=1S/C13H16ClN5/c1-18(2)12-6-15-13(14)5-11(12)19-4-3-9-10(7-19)17-8-16-9/h5-6,8H,3-4,7H2,1-2H3,(H,16,17). The van der Waals surface area contributed by atoms with Crippen LogP contribution in [0.25, 0.3) is 0 Å². The zero-order valence-corrected chi connectivity index (χ0v) is 11.8. The van der Waals surface area contributed by atoms with Crippen LogP contribution in [0.4, 0.5) is 11.4 Å². The third-order valence-corrected chi connectivity index (χ3v) is 3.63. The van der Waals surface area contributed by atoms with Gasteiger partial charge in [-0.1, -0.05) is 11.6 Å². The quantitative estimate of drug-likeness (QED) is 0.854. The van der Waals surface area contributed by atoms with Crippen LogP contribution in [0, 0.1) is 0 Å². The van der Waals surface area contributed by atoms with Crippen LogP contribution in [-0.4, -0.2) is 35.6 Å². The molecule has 1 aliphatic rings. The molecular formula is C13H16ClN5. The van der Waals surface area contributed by atoms with E-state index < -0.39 is 0 Å². The van der Waals surface area contributed by atoms with Crippen molar-refractivity contribution in [2.75, 3.05) is 30.4 Å². The minimum atomic E-state index is 0.524. The molecule has 100 valence electrons. The summed E-state index contributed by atoms with van der Waals surface area (Å²) in [6, 6.07) is 1.93. The van der Waals surface area contributed by atoms with Crippen LogP contribution in [0.2, 0.25) is 5.15 Å². The Labute approximate surface area is 117 Å². The minimum Gasteiger partial charge on any atom is -0.375 e. The predicted molar refractivity (Wildman–Crippen MR) is 76.9 cm³/mol. The van der Waals surface area contributed by atoms with Gasteiger partial charge in [0.25, 0.3) is 0 Å². The lowest BCUT2D eigenvalue weighted by Gasteiger charge is -2.31. The first-order valence-electron chi connectivity index (χ1n) is 6.24. The van der Waals surface area contributed by atoms with Crippen molar-refractivity contribution in [3.8, 4) is 0 Å². The fourth-order valence-corrected chi connectivity index (χ4v) is 2.58. The van der Waals surface area contributed by atoms with Gasteiger partial charge in [-0.05, 0) is 0 Å². The molecule has 0 atom stereocenters. The van der Waals surface area contributed by atoms with Crippen molar-refractivity contribution in [2.24, 2.45) is 0 Å². The van der Waals surface area contributed by atoms with Crippen molar-refractivity contribution < 1.29 is 0 Å². The van der Waals surface area contributed by atoms with Gasteiger partial charge in [0.1, 0.15) is 5.15 Å². The number of aromatic nitrogens is 3. The number of nitrogens with zero attached hydrogens (tertiary/aromatic N) is 4. The number of hydrogen-bond donors (Lipinski definition) is 1. The summed E-state index contributed by atoms with van der Waals surface area (Å²) in [5, 5.41) is 0.524. The Morgan fingerprint density at radius 3 is 3.00 bits per heavy atom. The van der Waals surface area contributed by atoms with Crippen molar-refractivity contribution in [1.29, 1.82) is 0 Å². The Kier molecular flexibility index (Phi) is 3.06. The maximum absolute atomic E-state index is 6.04. The van der Waals surface area contributed by atoms with E-state index in [9.17, 15) is 0 Å². The van der Waals surface area contributed by atoms with Gasteiger partial charge in [0.05, 0.1) is 41.8 Å². The Bertz CT molecular complexity index is 592. The molecule has 2 aromatic heterocycles. The second kappa shape index (κ2) is 4.74. The SMILES string of the molecule is CN(C)c1cnc(Cl)cc1N1CCc2nc[nH]c2C1. The van der Waals surface area contributed by atoms with Gasteiger partial charge in [0, 0.05) is 33.1 Å². The number of nitrogens with one attached hydrogen (secondary N) is 1. The second-order valence-electron chi connectivity index (χ2n) is 4.89. The molecule has 0 saturated heterocycles. The number of rotatable bonds is 2. The van der Waals surface area contributed by atoms with Crippen LogP contribution < -0.4 is 9.80 Å². The summed E-state index contributed by atoms with van der Waals surface area (Å²) < 4.78 is 0. The Hall–Kier alpha value is -1.75. The highest BCUT2D eigenvalue weighted by molar-refractivity contribution is 6.29. The van der Waals surface area contributed by atoms with E-state index in [4.69, 9.17) is 11.6 Å². The van der Waals surface area contributed by atoms with Gasteiger partial charge in [-0.3, -0.25) is 0 Å². The molecule has 5 nitrogen and oxygen atoms in total. The fraction of sp³-hybridized carbons (Fsp3) is 0.385. The van der Waals surface area contributed by atoms with Crippen molar-refractivity contribution in [3.63, 3.8) is 0 Å². The average molecular weight is 278 g/mol. The van der Waals surface area contributed by atoms with Crippen LogP contribution in [0.3, 0.4) is 0 Å². The number of hydrogen-bond acceptors (Lipinski definition) is 4. The van der Waals surface area contributed by atoms with Gasteiger partial charge in [-0.2, -0.15) is 0 Å². The molecule has 0 fully saturated rings. The molecule has 1 aliphatic heterocycles. The molecule has 6 heteroatoms. The maximum Gasteiger partial charge on any atom is 0.131 e. The molecule has 0 saturated carbocycles. The zero-order chi connectivity index (χ0) is 13.4. The fourth-order valence-electron chi connectivity index (χ4n) is 2.43. The first-order valence-corrected chi connectivity index (χ1v) is 6.62. The van der Waals surface area contributed by atoms with Gasteiger partial charge in [0.15, 0.2) is 0 Å². The molecular weight excluding hydrogens is 262 g/mol. The van der Waals surface area contributed by atoms with Gasteiger partial charge in [-0.15, -0.1) is 0 Å². The smallest absolute Gasteiger partial charge is 0.131 e.